The maximum absolute atomic E-state index is 12.0. The van der Waals surface area contributed by atoms with Crippen LogP contribution in [0.25, 0.3) is 0 Å². The van der Waals surface area contributed by atoms with Crippen molar-refractivity contribution in [2.75, 3.05) is 19.8 Å². The first-order valence-corrected chi connectivity index (χ1v) is 7.24. The summed E-state index contributed by atoms with van der Waals surface area (Å²) in [6.07, 6.45) is 1.81. The van der Waals surface area contributed by atoms with Crippen LogP contribution in [0.4, 0.5) is 5.69 Å². The molecule has 0 saturated carbocycles. The summed E-state index contributed by atoms with van der Waals surface area (Å²) in [7, 11) is 0. The van der Waals surface area contributed by atoms with Gasteiger partial charge < -0.3 is 10.1 Å². The number of amides is 1. The summed E-state index contributed by atoms with van der Waals surface area (Å²) < 4.78 is 5.25. The molecule has 1 heterocycles. The van der Waals surface area contributed by atoms with Crippen LogP contribution >= 0.6 is 23.2 Å². The fourth-order valence-corrected chi connectivity index (χ4v) is 2.53. The number of hydrogen-bond acceptors (Lipinski definition) is 4. The van der Waals surface area contributed by atoms with Crippen LogP contribution in [-0.4, -0.2) is 30.6 Å². The largest absolute Gasteiger partial charge is 0.381 e. The van der Waals surface area contributed by atoms with Crippen LogP contribution in [0.15, 0.2) is 12.1 Å². The van der Waals surface area contributed by atoms with Crippen molar-refractivity contribution in [2.24, 2.45) is 5.92 Å². The first-order chi connectivity index (χ1) is 9.99. The molecule has 0 radical (unpaired) electrons. The zero-order valence-electron chi connectivity index (χ0n) is 11.1. The average Bonchev–Trinajstić information content (AvgIpc) is 2.94. The van der Waals surface area contributed by atoms with Crippen molar-refractivity contribution < 1.29 is 14.5 Å². The summed E-state index contributed by atoms with van der Waals surface area (Å²) >= 11 is 11.5. The number of hydrogen-bond donors (Lipinski definition) is 1. The molecule has 114 valence electrons. The molecule has 1 amide bonds. The molecule has 1 atom stereocenters. The Kier molecular flexibility index (Phi) is 5.39. The van der Waals surface area contributed by atoms with Gasteiger partial charge >= 0.3 is 0 Å². The van der Waals surface area contributed by atoms with E-state index in [4.69, 9.17) is 27.9 Å². The van der Waals surface area contributed by atoms with Crippen molar-refractivity contribution in [3.05, 3.63) is 37.9 Å². The molecule has 1 aromatic carbocycles. The topological polar surface area (TPSA) is 81.5 Å². The molecule has 1 saturated heterocycles. The first kappa shape index (κ1) is 16.0. The van der Waals surface area contributed by atoms with Crippen molar-refractivity contribution in [1.82, 2.24) is 5.32 Å². The lowest BCUT2D eigenvalue weighted by Gasteiger charge is -2.09. The van der Waals surface area contributed by atoms with Crippen molar-refractivity contribution in [3.63, 3.8) is 0 Å². The number of nitro benzene ring substituents is 1. The molecule has 1 fully saturated rings. The van der Waals surface area contributed by atoms with Crippen molar-refractivity contribution >= 4 is 34.8 Å². The number of carbonyl (C=O) groups is 1. The number of benzene rings is 1. The maximum Gasteiger partial charge on any atom is 0.290 e. The second-order valence-corrected chi connectivity index (χ2v) is 5.61. The van der Waals surface area contributed by atoms with Gasteiger partial charge in [0.2, 0.25) is 0 Å². The smallest absolute Gasteiger partial charge is 0.290 e. The molecule has 6 nitrogen and oxygen atoms in total. The van der Waals surface area contributed by atoms with Gasteiger partial charge in [-0.15, -0.1) is 0 Å². The summed E-state index contributed by atoms with van der Waals surface area (Å²) in [6.45, 7) is 1.96. The number of carbonyl (C=O) groups excluding carboxylic acids is 1. The van der Waals surface area contributed by atoms with Crippen LogP contribution in [0, 0.1) is 16.0 Å². The Bertz CT molecular complexity index is 559. The fourth-order valence-electron chi connectivity index (χ4n) is 2.14. The summed E-state index contributed by atoms with van der Waals surface area (Å²) in [5, 5.41) is 13.4. The lowest BCUT2D eigenvalue weighted by atomic mass is 10.1. The lowest BCUT2D eigenvalue weighted by molar-refractivity contribution is -0.384. The van der Waals surface area contributed by atoms with Gasteiger partial charge in [-0.1, -0.05) is 23.2 Å². The molecule has 1 N–H and O–H groups in total. The van der Waals surface area contributed by atoms with Gasteiger partial charge in [0.05, 0.1) is 9.95 Å². The van der Waals surface area contributed by atoms with Gasteiger partial charge in [0.15, 0.2) is 0 Å². The number of ether oxygens (including phenoxy) is 1. The number of rotatable bonds is 5. The Labute approximate surface area is 131 Å². The van der Waals surface area contributed by atoms with Crippen LogP contribution in [0.5, 0.6) is 0 Å². The lowest BCUT2D eigenvalue weighted by Crippen LogP contribution is -2.26. The van der Waals surface area contributed by atoms with Crippen molar-refractivity contribution in [2.45, 2.75) is 12.8 Å². The first-order valence-electron chi connectivity index (χ1n) is 6.48. The van der Waals surface area contributed by atoms with Gasteiger partial charge in [-0.25, -0.2) is 0 Å². The Morgan fingerprint density at radius 2 is 2.24 bits per heavy atom. The third-order valence-corrected chi connectivity index (χ3v) is 4.12. The Morgan fingerprint density at radius 3 is 2.86 bits per heavy atom. The quantitative estimate of drug-likeness (QED) is 0.663. The van der Waals surface area contributed by atoms with Gasteiger partial charge in [0.1, 0.15) is 5.02 Å². The molecule has 0 aromatic heterocycles. The van der Waals surface area contributed by atoms with Gasteiger partial charge in [-0.3, -0.25) is 14.9 Å². The van der Waals surface area contributed by atoms with Gasteiger partial charge in [0, 0.05) is 31.4 Å². The van der Waals surface area contributed by atoms with E-state index in [-0.39, 0.29) is 21.3 Å². The second-order valence-electron chi connectivity index (χ2n) is 4.82. The molecular weight excluding hydrogens is 319 g/mol. The van der Waals surface area contributed by atoms with Crippen LogP contribution in [-0.2, 0) is 4.74 Å². The molecule has 0 spiro atoms. The maximum atomic E-state index is 12.0. The molecule has 1 aliphatic heterocycles. The average molecular weight is 333 g/mol. The predicted molar refractivity (Wildman–Crippen MR) is 79.0 cm³/mol. The third-order valence-electron chi connectivity index (χ3n) is 3.33. The molecule has 8 heteroatoms. The molecule has 1 aliphatic rings. The van der Waals surface area contributed by atoms with Crippen LogP contribution in [0.1, 0.15) is 23.2 Å². The van der Waals surface area contributed by atoms with E-state index in [0.717, 1.165) is 25.5 Å². The minimum Gasteiger partial charge on any atom is -0.381 e. The molecule has 21 heavy (non-hydrogen) atoms. The minimum atomic E-state index is -0.666. The van der Waals surface area contributed by atoms with Crippen LogP contribution < -0.4 is 5.32 Å². The zero-order valence-corrected chi connectivity index (χ0v) is 12.6. The van der Waals surface area contributed by atoms with Crippen molar-refractivity contribution in [3.8, 4) is 0 Å². The molecule has 0 aliphatic carbocycles. The predicted octanol–water partition coefficient (Wildman–Crippen LogP) is 3.06. The summed E-state index contributed by atoms with van der Waals surface area (Å²) in [4.78, 5) is 22.2. The summed E-state index contributed by atoms with van der Waals surface area (Å²) in [6, 6.07) is 2.45. The van der Waals surface area contributed by atoms with Gasteiger partial charge in [-0.05, 0) is 24.8 Å². The number of nitro groups is 1. The molecule has 2 rings (SSSR count). The number of nitrogens with zero attached hydrogens (tertiary/aromatic N) is 1. The minimum absolute atomic E-state index is 0.0137. The van der Waals surface area contributed by atoms with E-state index in [2.05, 4.69) is 5.32 Å². The second kappa shape index (κ2) is 7.06. The number of halogens is 2. The Morgan fingerprint density at radius 1 is 1.48 bits per heavy atom. The highest BCUT2D eigenvalue weighted by molar-refractivity contribution is 6.43. The molecule has 1 aromatic rings. The molecular formula is C13H14Cl2N2O4. The fraction of sp³-hybridized carbons (Fsp3) is 0.462. The van der Waals surface area contributed by atoms with E-state index < -0.39 is 10.8 Å². The normalized spacial score (nSPS) is 17.7. The van der Waals surface area contributed by atoms with Crippen LogP contribution in [0.2, 0.25) is 10.0 Å². The van der Waals surface area contributed by atoms with E-state index in [1.165, 1.54) is 6.07 Å². The van der Waals surface area contributed by atoms with Crippen LogP contribution in [0.3, 0.4) is 0 Å². The standard InChI is InChI=1S/C13H14Cl2N2O4/c14-10-5-9(6-11(12(10)15)17(19)20)13(18)16-3-1-8-2-4-21-7-8/h5-6,8H,1-4,7H2,(H,16,18). The van der Waals surface area contributed by atoms with E-state index >= 15 is 0 Å². The third kappa shape index (κ3) is 4.06. The van der Waals surface area contributed by atoms with E-state index in [9.17, 15) is 14.9 Å². The monoisotopic (exact) mass is 332 g/mol. The highest BCUT2D eigenvalue weighted by Gasteiger charge is 2.20. The highest BCUT2D eigenvalue weighted by atomic mass is 35.5. The van der Waals surface area contributed by atoms with Gasteiger partial charge in [-0.2, -0.15) is 0 Å². The van der Waals surface area contributed by atoms with Gasteiger partial charge in [0.25, 0.3) is 11.6 Å². The Balaban J connectivity index is 1.99. The zero-order chi connectivity index (χ0) is 15.4. The summed E-state index contributed by atoms with van der Waals surface area (Å²) in [5.74, 6) is 0.0454. The van der Waals surface area contributed by atoms with E-state index in [1.807, 2.05) is 0 Å². The van der Waals surface area contributed by atoms with E-state index in [1.54, 1.807) is 0 Å². The number of nitrogens with one attached hydrogen (secondary N) is 1. The summed E-state index contributed by atoms with van der Waals surface area (Å²) in [5.41, 5.74) is -0.253. The Hall–Kier alpha value is -1.37. The van der Waals surface area contributed by atoms with E-state index in [0.29, 0.717) is 19.1 Å². The van der Waals surface area contributed by atoms with Crippen molar-refractivity contribution in [1.29, 1.82) is 0 Å². The molecule has 0 bridgehead atoms. The molecule has 1 unspecified atom stereocenters. The SMILES string of the molecule is O=C(NCCC1CCOC1)c1cc(Cl)c(Cl)c([N+](=O)[O-])c1. The highest BCUT2D eigenvalue weighted by Crippen LogP contribution is 2.33.